The maximum atomic E-state index is 11.9. The van der Waals surface area contributed by atoms with Crippen LogP contribution in [0, 0.1) is 0 Å². The molecule has 7 nitrogen and oxygen atoms in total. The van der Waals surface area contributed by atoms with Gasteiger partial charge in [0, 0.05) is 18.7 Å². The highest BCUT2D eigenvalue weighted by Gasteiger charge is 2.12. The van der Waals surface area contributed by atoms with Crippen molar-refractivity contribution in [3.63, 3.8) is 0 Å². The minimum absolute atomic E-state index is 0.109. The summed E-state index contributed by atoms with van der Waals surface area (Å²) in [6, 6.07) is 6.94. The van der Waals surface area contributed by atoms with Gasteiger partial charge in [0.05, 0.1) is 5.75 Å². The lowest BCUT2D eigenvalue weighted by Gasteiger charge is -2.08. The van der Waals surface area contributed by atoms with Gasteiger partial charge in [-0.1, -0.05) is 18.2 Å². The van der Waals surface area contributed by atoms with Crippen LogP contribution in [0.25, 0.3) is 0 Å². The summed E-state index contributed by atoms with van der Waals surface area (Å²) in [5.41, 5.74) is 6.83. The molecule has 2 aromatic rings. The number of aromatic amines is 1. The summed E-state index contributed by atoms with van der Waals surface area (Å²) in [5, 5.41) is 6.45. The molecule has 1 aromatic carbocycles. The minimum Gasteiger partial charge on any atom is -0.398 e. The number of hydrogen-bond acceptors (Lipinski definition) is 5. The van der Waals surface area contributed by atoms with Crippen molar-refractivity contribution in [2.24, 2.45) is 0 Å². The highest BCUT2D eigenvalue weighted by molar-refractivity contribution is 7.88. The fourth-order valence-corrected chi connectivity index (χ4v) is 2.99. The zero-order valence-electron chi connectivity index (χ0n) is 10.9. The van der Waals surface area contributed by atoms with Gasteiger partial charge in [0.15, 0.2) is 0 Å². The third kappa shape index (κ3) is 4.32. The van der Waals surface area contributed by atoms with Gasteiger partial charge in [-0.05, 0) is 18.1 Å². The number of aromatic nitrogens is 3. The zero-order valence-corrected chi connectivity index (χ0v) is 11.7. The second-order valence-corrected chi connectivity index (χ2v) is 6.19. The normalized spacial score (nSPS) is 11.6. The molecule has 0 atom stereocenters. The first-order valence-corrected chi connectivity index (χ1v) is 7.87. The van der Waals surface area contributed by atoms with Gasteiger partial charge in [-0.25, -0.2) is 18.1 Å². The van der Waals surface area contributed by atoms with Crippen molar-refractivity contribution in [1.29, 1.82) is 0 Å². The standard InChI is InChI=1S/C12H17N5O2S/c13-11-5-2-1-4-10(11)8-20(18,19)16-7-3-6-12-14-9-15-17-12/h1-2,4-5,9,16H,3,6-8,13H2,(H,14,15,17). The van der Waals surface area contributed by atoms with Gasteiger partial charge >= 0.3 is 0 Å². The third-order valence-electron chi connectivity index (χ3n) is 2.78. The summed E-state index contributed by atoms with van der Waals surface area (Å²) in [4.78, 5) is 3.97. The van der Waals surface area contributed by atoms with E-state index in [1.165, 1.54) is 6.33 Å². The van der Waals surface area contributed by atoms with E-state index in [4.69, 9.17) is 5.73 Å². The topological polar surface area (TPSA) is 114 Å². The Bertz CT molecular complexity index is 640. The van der Waals surface area contributed by atoms with Crippen LogP contribution in [-0.4, -0.2) is 30.1 Å². The smallest absolute Gasteiger partial charge is 0.215 e. The lowest BCUT2D eigenvalue weighted by Crippen LogP contribution is -2.26. The number of nitrogens with zero attached hydrogens (tertiary/aromatic N) is 2. The Kier molecular flexibility index (Phi) is 4.70. The Labute approximate surface area is 117 Å². The maximum Gasteiger partial charge on any atom is 0.215 e. The van der Waals surface area contributed by atoms with E-state index in [9.17, 15) is 8.42 Å². The largest absolute Gasteiger partial charge is 0.398 e. The molecule has 2 rings (SSSR count). The summed E-state index contributed by atoms with van der Waals surface area (Å²) >= 11 is 0. The van der Waals surface area contributed by atoms with Crippen LogP contribution in [0.3, 0.4) is 0 Å². The molecule has 0 aliphatic carbocycles. The van der Waals surface area contributed by atoms with E-state index in [1.54, 1.807) is 24.3 Å². The number of hydrogen-bond donors (Lipinski definition) is 3. The van der Waals surface area contributed by atoms with E-state index < -0.39 is 10.0 Å². The van der Waals surface area contributed by atoms with Crippen LogP contribution in [0.4, 0.5) is 5.69 Å². The number of anilines is 1. The van der Waals surface area contributed by atoms with Gasteiger partial charge in [-0.2, -0.15) is 5.10 Å². The number of nitrogen functional groups attached to an aromatic ring is 1. The monoisotopic (exact) mass is 295 g/mol. The number of sulfonamides is 1. The lowest BCUT2D eigenvalue weighted by atomic mass is 10.2. The van der Waals surface area contributed by atoms with Crippen LogP contribution in [0.1, 0.15) is 17.8 Å². The highest BCUT2D eigenvalue weighted by Crippen LogP contribution is 2.13. The number of benzene rings is 1. The van der Waals surface area contributed by atoms with Crippen LogP contribution < -0.4 is 10.5 Å². The second-order valence-electron chi connectivity index (χ2n) is 4.39. The van der Waals surface area contributed by atoms with Gasteiger partial charge in [0.25, 0.3) is 0 Å². The number of rotatable bonds is 7. The molecule has 0 spiro atoms. The van der Waals surface area contributed by atoms with Crippen molar-refractivity contribution in [3.8, 4) is 0 Å². The number of nitrogens with two attached hydrogens (primary N) is 1. The van der Waals surface area contributed by atoms with Crippen molar-refractivity contribution in [3.05, 3.63) is 42.0 Å². The number of nitrogens with one attached hydrogen (secondary N) is 2. The first-order valence-electron chi connectivity index (χ1n) is 6.22. The molecule has 1 aromatic heterocycles. The Balaban J connectivity index is 1.81. The van der Waals surface area contributed by atoms with Crippen molar-refractivity contribution >= 4 is 15.7 Å². The van der Waals surface area contributed by atoms with Crippen LogP contribution in [-0.2, 0) is 22.2 Å². The van der Waals surface area contributed by atoms with Gasteiger partial charge in [-0.3, -0.25) is 5.10 Å². The fourth-order valence-electron chi connectivity index (χ4n) is 1.76. The number of H-pyrrole nitrogens is 1. The molecule has 0 saturated heterocycles. The molecular formula is C12H17N5O2S. The van der Waals surface area contributed by atoms with Crippen LogP contribution in [0.2, 0.25) is 0 Å². The molecule has 4 N–H and O–H groups in total. The molecule has 0 saturated carbocycles. The van der Waals surface area contributed by atoms with Crippen molar-refractivity contribution in [2.45, 2.75) is 18.6 Å². The highest BCUT2D eigenvalue weighted by atomic mass is 32.2. The summed E-state index contributed by atoms with van der Waals surface area (Å²) < 4.78 is 26.4. The predicted molar refractivity (Wildman–Crippen MR) is 76.2 cm³/mol. The molecule has 0 unspecified atom stereocenters. The summed E-state index contributed by atoms with van der Waals surface area (Å²) in [5.74, 6) is 0.638. The lowest BCUT2D eigenvalue weighted by molar-refractivity contribution is 0.577. The van der Waals surface area contributed by atoms with Crippen LogP contribution >= 0.6 is 0 Å². The maximum absolute atomic E-state index is 11.9. The van der Waals surface area contributed by atoms with Gasteiger partial charge in [0.2, 0.25) is 10.0 Å². The Hall–Kier alpha value is -1.93. The van der Waals surface area contributed by atoms with E-state index in [1.807, 2.05) is 0 Å². The number of para-hydroxylation sites is 1. The molecule has 0 aliphatic rings. The molecule has 8 heteroatoms. The fraction of sp³-hybridized carbons (Fsp3) is 0.333. The van der Waals surface area contributed by atoms with E-state index in [0.29, 0.717) is 30.6 Å². The average molecular weight is 295 g/mol. The van der Waals surface area contributed by atoms with Crippen molar-refractivity contribution < 1.29 is 8.42 Å². The SMILES string of the molecule is Nc1ccccc1CS(=O)(=O)NCCCc1ncn[nH]1. The van der Waals surface area contributed by atoms with Gasteiger partial charge in [-0.15, -0.1) is 0 Å². The molecule has 0 amide bonds. The molecule has 0 fully saturated rings. The third-order valence-corrected chi connectivity index (χ3v) is 4.11. The van der Waals surface area contributed by atoms with E-state index in [2.05, 4.69) is 19.9 Å². The van der Waals surface area contributed by atoms with Crippen molar-refractivity contribution in [1.82, 2.24) is 19.9 Å². The van der Waals surface area contributed by atoms with Gasteiger partial charge < -0.3 is 5.73 Å². The molecule has 0 aliphatic heterocycles. The minimum atomic E-state index is -3.37. The Morgan fingerprint density at radius 3 is 2.80 bits per heavy atom. The van der Waals surface area contributed by atoms with E-state index >= 15 is 0 Å². The summed E-state index contributed by atoms with van der Waals surface area (Å²) in [6.07, 6.45) is 2.73. The molecule has 1 heterocycles. The van der Waals surface area contributed by atoms with E-state index in [-0.39, 0.29) is 5.75 Å². The van der Waals surface area contributed by atoms with E-state index in [0.717, 1.165) is 5.82 Å². The molecule has 20 heavy (non-hydrogen) atoms. The molecule has 0 radical (unpaired) electrons. The van der Waals surface area contributed by atoms with Gasteiger partial charge in [0.1, 0.15) is 12.2 Å². The second kappa shape index (κ2) is 6.49. The summed E-state index contributed by atoms with van der Waals surface area (Å²) in [7, 11) is -3.37. The van der Waals surface area contributed by atoms with Crippen LogP contribution in [0.15, 0.2) is 30.6 Å². The molecule has 108 valence electrons. The summed E-state index contributed by atoms with van der Waals surface area (Å²) in [6.45, 7) is 0.357. The quantitative estimate of drug-likeness (QED) is 0.506. The van der Waals surface area contributed by atoms with Crippen molar-refractivity contribution in [2.75, 3.05) is 12.3 Å². The number of aryl methyl sites for hydroxylation is 1. The zero-order chi connectivity index (χ0) is 14.4. The molecule has 0 bridgehead atoms. The first kappa shape index (κ1) is 14.5. The molecular weight excluding hydrogens is 278 g/mol. The predicted octanol–water partition coefficient (Wildman–Crippen LogP) is 0.439. The Morgan fingerprint density at radius 1 is 1.30 bits per heavy atom. The average Bonchev–Trinajstić information content (AvgIpc) is 2.90. The first-order chi connectivity index (χ1) is 9.57. The Morgan fingerprint density at radius 2 is 2.10 bits per heavy atom. The van der Waals surface area contributed by atoms with Crippen LogP contribution in [0.5, 0.6) is 0 Å².